The summed E-state index contributed by atoms with van der Waals surface area (Å²) in [7, 11) is 7.65. The van der Waals surface area contributed by atoms with E-state index in [1.165, 1.54) is 41.6 Å². The molecule has 0 atom stereocenters. The fourth-order valence-corrected chi connectivity index (χ4v) is 3.78. The van der Waals surface area contributed by atoms with Crippen LogP contribution in [0.15, 0.2) is 47.9 Å². The predicted molar refractivity (Wildman–Crippen MR) is 128 cm³/mol. The van der Waals surface area contributed by atoms with Crippen molar-refractivity contribution < 1.29 is 33.2 Å². The van der Waals surface area contributed by atoms with Gasteiger partial charge in [0, 0.05) is 10.4 Å². The molecular formula is C25H26O7S. The van der Waals surface area contributed by atoms with Gasteiger partial charge in [0.25, 0.3) is 0 Å². The Labute approximate surface area is 197 Å². The SMILES string of the molecule is COc1cc(/C=C/C(=O)c2cc(OC)c(OCc3cccs3)c(OC)c2)cc(OC)c1OC. The van der Waals surface area contributed by atoms with E-state index in [-0.39, 0.29) is 5.78 Å². The first-order valence-electron chi connectivity index (χ1n) is 9.98. The number of rotatable bonds is 11. The lowest BCUT2D eigenvalue weighted by atomic mass is 10.1. The first-order valence-corrected chi connectivity index (χ1v) is 10.9. The summed E-state index contributed by atoms with van der Waals surface area (Å²) in [4.78, 5) is 14.0. The van der Waals surface area contributed by atoms with Crippen LogP contribution in [0.5, 0.6) is 34.5 Å². The average molecular weight is 471 g/mol. The van der Waals surface area contributed by atoms with E-state index in [0.717, 1.165) is 4.88 Å². The van der Waals surface area contributed by atoms with Gasteiger partial charge in [0.05, 0.1) is 35.5 Å². The maximum atomic E-state index is 12.9. The monoisotopic (exact) mass is 470 g/mol. The number of hydrogen-bond acceptors (Lipinski definition) is 8. The lowest BCUT2D eigenvalue weighted by molar-refractivity contribution is 0.104. The minimum atomic E-state index is -0.231. The molecule has 0 saturated carbocycles. The summed E-state index contributed by atoms with van der Waals surface area (Å²) >= 11 is 1.59. The van der Waals surface area contributed by atoms with Gasteiger partial charge in [0.15, 0.2) is 28.8 Å². The van der Waals surface area contributed by atoms with Crippen LogP contribution in [0.2, 0.25) is 0 Å². The number of ketones is 1. The topological polar surface area (TPSA) is 72.5 Å². The molecule has 1 aromatic heterocycles. The van der Waals surface area contributed by atoms with Crippen molar-refractivity contribution in [2.75, 3.05) is 35.5 Å². The molecule has 174 valence electrons. The van der Waals surface area contributed by atoms with Gasteiger partial charge < -0.3 is 28.4 Å². The summed E-state index contributed by atoms with van der Waals surface area (Å²) in [5, 5.41) is 1.98. The van der Waals surface area contributed by atoms with Gasteiger partial charge >= 0.3 is 0 Å². The van der Waals surface area contributed by atoms with Gasteiger partial charge in [-0.3, -0.25) is 4.79 Å². The van der Waals surface area contributed by atoms with Crippen molar-refractivity contribution in [1.82, 2.24) is 0 Å². The Hall–Kier alpha value is -3.65. The summed E-state index contributed by atoms with van der Waals surface area (Å²) < 4.78 is 32.9. The van der Waals surface area contributed by atoms with Crippen LogP contribution in [0, 0.1) is 0 Å². The lowest BCUT2D eigenvalue weighted by Crippen LogP contribution is -2.02. The fourth-order valence-electron chi connectivity index (χ4n) is 3.17. The van der Waals surface area contributed by atoms with E-state index < -0.39 is 0 Å². The van der Waals surface area contributed by atoms with E-state index in [4.69, 9.17) is 28.4 Å². The summed E-state index contributed by atoms with van der Waals surface area (Å²) in [6.45, 7) is 0.374. The fraction of sp³-hybridized carbons (Fsp3) is 0.240. The largest absolute Gasteiger partial charge is 0.493 e. The van der Waals surface area contributed by atoms with Crippen LogP contribution in [-0.4, -0.2) is 41.3 Å². The molecule has 1 heterocycles. The number of methoxy groups -OCH3 is 5. The van der Waals surface area contributed by atoms with Crippen molar-refractivity contribution in [3.05, 3.63) is 63.9 Å². The maximum Gasteiger partial charge on any atom is 0.203 e. The second kappa shape index (κ2) is 11.3. The van der Waals surface area contributed by atoms with Gasteiger partial charge in [0.1, 0.15) is 6.61 Å². The molecule has 2 aromatic carbocycles. The molecule has 0 aliphatic heterocycles. The second-order valence-electron chi connectivity index (χ2n) is 6.73. The lowest BCUT2D eigenvalue weighted by Gasteiger charge is -2.15. The third kappa shape index (κ3) is 5.59. The van der Waals surface area contributed by atoms with Crippen LogP contribution in [0.1, 0.15) is 20.8 Å². The zero-order valence-corrected chi connectivity index (χ0v) is 20.0. The Balaban J connectivity index is 1.87. The Kier molecular flexibility index (Phi) is 8.21. The second-order valence-corrected chi connectivity index (χ2v) is 7.77. The van der Waals surface area contributed by atoms with Gasteiger partial charge in [-0.05, 0) is 47.4 Å². The first-order chi connectivity index (χ1) is 16.0. The smallest absolute Gasteiger partial charge is 0.203 e. The number of carbonyl (C=O) groups excluding carboxylic acids is 1. The number of ether oxygens (including phenoxy) is 6. The zero-order chi connectivity index (χ0) is 23.8. The molecule has 0 N–H and O–H groups in total. The minimum Gasteiger partial charge on any atom is -0.493 e. The van der Waals surface area contributed by atoms with E-state index in [9.17, 15) is 4.79 Å². The molecule has 3 aromatic rings. The van der Waals surface area contributed by atoms with Crippen LogP contribution in [0.3, 0.4) is 0 Å². The summed E-state index contributed by atoms with van der Waals surface area (Å²) in [6.07, 6.45) is 3.13. The first kappa shape index (κ1) is 24.0. The Morgan fingerprint density at radius 2 is 1.39 bits per heavy atom. The molecular weight excluding hydrogens is 444 g/mol. The molecule has 0 aliphatic rings. The molecule has 0 bridgehead atoms. The van der Waals surface area contributed by atoms with E-state index in [2.05, 4.69) is 0 Å². The van der Waals surface area contributed by atoms with Crippen molar-refractivity contribution >= 4 is 23.2 Å². The third-order valence-corrected chi connectivity index (χ3v) is 5.65. The molecule has 33 heavy (non-hydrogen) atoms. The van der Waals surface area contributed by atoms with Gasteiger partial charge in [-0.2, -0.15) is 0 Å². The standard InChI is InChI=1S/C25H26O7S/c1-27-20-11-16(12-21(28-2)24(20)31-5)8-9-19(26)17-13-22(29-3)25(23(14-17)30-4)32-15-18-7-6-10-33-18/h6-14H,15H2,1-5H3/b9-8+. The molecule has 7 nitrogen and oxygen atoms in total. The highest BCUT2D eigenvalue weighted by Gasteiger charge is 2.18. The number of thiophene rings is 1. The van der Waals surface area contributed by atoms with Crippen LogP contribution < -0.4 is 28.4 Å². The zero-order valence-electron chi connectivity index (χ0n) is 19.2. The van der Waals surface area contributed by atoms with Gasteiger partial charge in [-0.25, -0.2) is 0 Å². The van der Waals surface area contributed by atoms with Gasteiger partial charge in [-0.1, -0.05) is 12.1 Å². The molecule has 0 aliphatic carbocycles. The maximum absolute atomic E-state index is 12.9. The Morgan fingerprint density at radius 1 is 0.818 bits per heavy atom. The average Bonchev–Trinajstić information content (AvgIpc) is 3.38. The van der Waals surface area contributed by atoms with Crippen LogP contribution in [-0.2, 0) is 6.61 Å². The van der Waals surface area contributed by atoms with E-state index in [0.29, 0.717) is 52.2 Å². The van der Waals surface area contributed by atoms with Crippen LogP contribution >= 0.6 is 11.3 Å². The Morgan fingerprint density at radius 3 is 1.88 bits per heavy atom. The molecule has 0 amide bonds. The number of benzene rings is 2. The molecule has 0 radical (unpaired) electrons. The van der Waals surface area contributed by atoms with Crippen molar-refractivity contribution in [3.63, 3.8) is 0 Å². The summed E-state index contributed by atoms with van der Waals surface area (Å²) in [6, 6.07) is 10.7. The minimum absolute atomic E-state index is 0.231. The van der Waals surface area contributed by atoms with Crippen molar-refractivity contribution in [2.45, 2.75) is 6.61 Å². The number of carbonyl (C=O) groups is 1. The van der Waals surface area contributed by atoms with Crippen molar-refractivity contribution in [3.8, 4) is 34.5 Å². The molecule has 0 fully saturated rings. The normalized spacial score (nSPS) is 10.7. The van der Waals surface area contributed by atoms with Crippen molar-refractivity contribution in [1.29, 1.82) is 0 Å². The Bertz CT molecular complexity index is 1070. The molecule has 0 spiro atoms. The third-order valence-electron chi connectivity index (χ3n) is 4.80. The quantitative estimate of drug-likeness (QED) is 0.279. The molecule has 0 unspecified atom stereocenters. The van der Waals surface area contributed by atoms with Gasteiger partial charge in [-0.15, -0.1) is 11.3 Å². The molecule has 8 heteroatoms. The molecule has 3 rings (SSSR count). The van der Waals surface area contributed by atoms with Crippen LogP contribution in [0.4, 0.5) is 0 Å². The summed E-state index contributed by atoms with van der Waals surface area (Å²) in [5.41, 5.74) is 1.11. The highest BCUT2D eigenvalue weighted by Crippen LogP contribution is 2.40. The highest BCUT2D eigenvalue weighted by molar-refractivity contribution is 7.09. The van der Waals surface area contributed by atoms with E-state index in [1.54, 1.807) is 41.7 Å². The van der Waals surface area contributed by atoms with E-state index >= 15 is 0 Å². The summed E-state index contributed by atoms with van der Waals surface area (Å²) in [5.74, 6) is 2.52. The highest BCUT2D eigenvalue weighted by atomic mass is 32.1. The molecule has 0 saturated heterocycles. The predicted octanol–water partition coefficient (Wildman–Crippen LogP) is 5.27. The van der Waals surface area contributed by atoms with Crippen molar-refractivity contribution in [2.24, 2.45) is 0 Å². The number of hydrogen-bond donors (Lipinski definition) is 0. The number of allylic oxidation sites excluding steroid dienone is 1. The van der Waals surface area contributed by atoms with E-state index in [1.807, 2.05) is 17.5 Å². The van der Waals surface area contributed by atoms with Gasteiger partial charge in [0.2, 0.25) is 11.5 Å². The van der Waals surface area contributed by atoms with Crippen LogP contribution in [0.25, 0.3) is 6.08 Å².